The number of fused-ring (bicyclic) bond motifs is 5. The highest BCUT2D eigenvalue weighted by Gasteiger charge is 2.14. The van der Waals surface area contributed by atoms with Gasteiger partial charge in [-0.3, -0.25) is 0 Å². The average Bonchev–Trinajstić information content (AvgIpc) is 3.01. The molecular weight excluding hydrogens is 321 g/mol. The molecule has 0 bridgehead atoms. The second-order valence-electron chi connectivity index (χ2n) is 6.68. The molecule has 0 fully saturated rings. The van der Waals surface area contributed by atoms with Gasteiger partial charge >= 0.3 is 0 Å². The Morgan fingerprint density at radius 1 is 0.769 bits per heavy atom. The van der Waals surface area contributed by atoms with Gasteiger partial charge in [0, 0.05) is 12.4 Å². The summed E-state index contributed by atoms with van der Waals surface area (Å²) in [5, 5.41) is 5.63. The van der Waals surface area contributed by atoms with E-state index in [0.29, 0.717) is 0 Å². The van der Waals surface area contributed by atoms with Gasteiger partial charge in [-0.15, -0.1) is 0 Å². The van der Waals surface area contributed by atoms with Crippen molar-refractivity contribution in [2.24, 2.45) is 0 Å². The Hall–Kier alpha value is -2.87. The second kappa shape index (κ2) is 7.57. The molecule has 0 radical (unpaired) electrons. The van der Waals surface area contributed by atoms with Crippen molar-refractivity contribution in [2.45, 2.75) is 25.7 Å². The van der Waals surface area contributed by atoms with Crippen molar-refractivity contribution in [3.8, 4) is 11.1 Å². The summed E-state index contributed by atoms with van der Waals surface area (Å²) in [4.78, 5) is 0. The third-order valence-electron chi connectivity index (χ3n) is 4.98. The molecule has 0 spiro atoms. The van der Waals surface area contributed by atoms with E-state index < -0.39 is 0 Å². The Morgan fingerprint density at radius 3 is 2.42 bits per heavy atom. The summed E-state index contributed by atoms with van der Waals surface area (Å²) in [7, 11) is 0. The Kier molecular flexibility index (Phi) is 4.83. The van der Waals surface area contributed by atoms with Gasteiger partial charge in [0.05, 0.1) is 0 Å². The number of allylic oxidation sites excluding steroid dienone is 4. The number of nitrogens with one attached hydrogen (secondary N) is 1. The van der Waals surface area contributed by atoms with E-state index in [0.717, 1.165) is 18.4 Å². The minimum Gasteiger partial charge on any atom is -0.368 e. The third kappa shape index (κ3) is 3.41. The minimum absolute atomic E-state index is 0.145. The van der Waals surface area contributed by atoms with Crippen LogP contribution in [0.25, 0.3) is 23.3 Å². The van der Waals surface area contributed by atoms with Crippen molar-refractivity contribution in [1.29, 1.82) is 0 Å². The largest absolute Gasteiger partial charge is 0.368 e. The molecule has 26 heavy (non-hydrogen) atoms. The summed E-state index contributed by atoms with van der Waals surface area (Å²) in [5.41, 5.74) is 4.93. The Balaban J connectivity index is 0.000000204. The molecule has 2 aromatic carbocycles. The van der Waals surface area contributed by atoms with Crippen LogP contribution in [0.2, 0.25) is 0 Å². The standard InChI is InChI=1S/C18H15F.C6H7N/c19-14-8-5-13-7-9-16-15-4-2-1-3-12(15)6-10-17(16)18(13)11-14;1-2-4-6-7-5-3-1/h4-6,8-11H,1-3,7H2;1-7H. The van der Waals surface area contributed by atoms with Gasteiger partial charge < -0.3 is 5.32 Å². The molecule has 130 valence electrons. The van der Waals surface area contributed by atoms with Crippen molar-refractivity contribution in [3.63, 3.8) is 0 Å². The van der Waals surface area contributed by atoms with Crippen LogP contribution in [-0.4, -0.2) is 0 Å². The normalized spacial score (nSPS) is 15.7. The number of hydrogen-bond donors (Lipinski definition) is 1. The summed E-state index contributed by atoms with van der Waals surface area (Å²) >= 11 is 0. The number of rotatable bonds is 0. The molecule has 0 atom stereocenters. The first-order valence-corrected chi connectivity index (χ1v) is 9.18. The lowest BCUT2D eigenvalue weighted by Crippen LogP contribution is -2.33. The molecular formula is C24H22FN. The Morgan fingerprint density at radius 2 is 1.58 bits per heavy atom. The van der Waals surface area contributed by atoms with Gasteiger partial charge in [0.1, 0.15) is 5.82 Å². The first-order valence-electron chi connectivity index (χ1n) is 9.18. The average molecular weight is 343 g/mol. The zero-order chi connectivity index (χ0) is 17.8. The van der Waals surface area contributed by atoms with Crippen LogP contribution in [0.3, 0.4) is 0 Å². The van der Waals surface area contributed by atoms with Crippen LogP contribution in [0.4, 0.5) is 4.39 Å². The quantitative estimate of drug-likeness (QED) is 0.759. The van der Waals surface area contributed by atoms with E-state index in [9.17, 15) is 4.39 Å². The van der Waals surface area contributed by atoms with E-state index in [1.807, 2.05) is 42.8 Å². The Bertz CT molecular complexity index is 1010. The SMILES string of the molecule is C1=CC=CNC=C1.Fc1ccc2c(c1)-c1ccc3c(c1=CC2)=CCCC3. The molecule has 0 amide bonds. The summed E-state index contributed by atoms with van der Waals surface area (Å²) in [5.74, 6) is -0.145. The van der Waals surface area contributed by atoms with Gasteiger partial charge in [-0.2, -0.15) is 0 Å². The fourth-order valence-electron chi connectivity index (χ4n) is 3.73. The number of aryl methyl sites for hydroxylation is 1. The molecule has 3 aliphatic rings. The van der Waals surface area contributed by atoms with Crippen LogP contribution < -0.4 is 15.8 Å². The molecule has 2 aromatic rings. The van der Waals surface area contributed by atoms with Crippen molar-refractivity contribution in [1.82, 2.24) is 5.32 Å². The molecule has 0 saturated heterocycles. The molecule has 1 aliphatic heterocycles. The smallest absolute Gasteiger partial charge is 0.123 e. The van der Waals surface area contributed by atoms with E-state index in [2.05, 4.69) is 29.6 Å². The molecule has 1 N–H and O–H groups in total. The van der Waals surface area contributed by atoms with Crippen LogP contribution in [0.15, 0.2) is 67.0 Å². The maximum atomic E-state index is 13.5. The summed E-state index contributed by atoms with van der Waals surface area (Å²) in [6.45, 7) is 0. The predicted molar refractivity (Wildman–Crippen MR) is 107 cm³/mol. The van der Waals surface area contributed by atoms with Crippen LogP contribution in [-0.2, 0) is 12.8 Å². The monoisotopic (exact) mass is 343 g/mol. The lowest BCUT2D eigenvalue weighted by Gasteiger charge is -2.18. The lowest BCUT2D eigenvalue weighted by atomic mass is 9.87. The minimum atomic E-state index is -0.145. The van der Waals surface area contributed by atoms with Gasteiger partial charge in [0.15, 0.2) is 0 Å². The first-order chi connectivity index (χ1) is 12.8. The maximum Gasteiger partial charge on any atom is 0.123 e. The van der Waals surface area contributed by atoms with Gasteiger partial charge in [-0.25, -0.2) is 4.39 Å². The first kappa shape index (κ1) is 16.6. The van der Waals surface area contributed by atoms with Gasteiger partial charge in [-0.05, 0) is 82.7 Å². The summed E-state index contributed by atoms with van der Waals surface area (Å²) in [6, 6.07) is 9.53. The molecule has 1 heterocycles. The lowest BCUT2D eigenvalue weighted by molar-refractivity contribution is 0.627. The fourth-order valence-corrected chi connectivity index (χ4v) is 3.73. The van der Waals surface area contributed by atoms with Crippen LogP contribution in [0.1, 0.15) is 24.0 Å². The molecule has 2 aliphatic carbocycles. The highest BCUT2D eigenvalue weighted by atomic mass is 19.1. The number of halogens is 1. The Labute approximate surface area is 153 Å². The highest BCUT2D eigenvalue weighted by molar-refractivity contribution is 5.74. The molecule has 1 nitrogen and oxygen atoms in total. The van der Waals surface area contributed by atoms with Gasteiger partial charge in [0.25, 0.3) is 0 Å². The third-order valence-corrected chi connectivity index (χ3v) is 4.98. The zero-order valence-corrected chi connectivity index (χ0v) is 14.7. The summed E-state index contributed by atoms with van der Waals surface area (Å²) in [6.07, 6.45) is 20.7. The summed E-state index contributed by atoms with van der Waals surface area (Å²) < 4.78 is 13.5. The van der Waals surface area contributed by atoms with Crippen molar-refractivity contribution in [3.05, 3.63) is 94.4 Å². The van der Waals surface area contributed by atoms with Gasteiger partial charge in [0.2, 0.25) is 0 Å². The van der Waals surface area contributed by atoms with Crippen molar-refractivity contribution in [2.75, 3.05) is 0 Å². The predicted octanol–water partition coefficient (Wildman–Crippen LogP) is 4.12. The molecule has 0 saturated carbocycles. The highest BCUT2D eigenvalue weighted by Crippen LogP contribution is 2.25. The van der Waals surface area contributed by atoms with E-state index in [1.165, 1.54) is 40.0 Å². The van der Waals surface area contributed by atoms with Crippen molar-refractivity contribution < 1.29 is 4.39 Å². The number of hydrogen-bond acceptors (Lipinski definition) is 1. The molecule has 0 unspecified atom stereocenters. The number of benzene rings is 2. The van der Waals surface area contributed by atoms with Gasteiger partial charge in [-0.1, -0.05) is 42.5 Å². The van der Waals surface area contributed by atoms with E-state index in [4.69, 9.17) is 0 Å². The van der Waals surface area contributed by atoms with E-state index >= 15 is 0 Å². The van der Waals surface area contributed by atoms with E-state index in [1.54, 1.807) is 12.1 Å². The molecule has 5 rings (SSSR count). The second-order valence-corrected chi connectivity index (χ2v) is 6.68. The zero-order valence-electron chi connectivity index (χ0n) is 14.7. The maximum absolute atomic E-state index is 13.5. The fraction of sp³-hybridized carbons (Fsp3) is 0.167. The topological polar surface area (TPSA) is 12.0 Å². The van der Waals surface area contributed by atoms with Crippen molar-refractivity contribution >= 4 is 12.2 Å². The van der Waals surface area contributed by atoms with Crippen LogP contribution >= 0.6 is 0 Å². The van der Waals surface area contributed by atoms with Crippen LogP contribution in [0.5, 0.6) is 0 Å². The van der Waals surface area contributed by atoms with Crippen LogP contribution in [0, 0.1) is 5.82 Å². The molecule has 2 heteroatoms. The molecule has 0 aromatic heterocycles. The van der Waals surface area contributed by atoms with E-state index in [-0.39, 0.29) is 5.82 Å².